The smallest absolute Gasteiger partial charge is 0.332 e. The van der Waals surface area contributed by atoms with Crippen LogP contribution in [0.2, 0.25) is 0 Å². The fourth-order valence-corrected chi connectivity index (χ4v) is 1.28. The Morgan fingerprint density at radius 3 is 2.74 bits per heavy atom. The van der Waals surface area contributed by atoms with Gasteiger partial charge in [-0.25, -0.2) is 14.8 Å². The Morgan fingerprint density at radius 2 is 2.16 bits per heavy atom. The van der Waals surface area contributed by atoms with E-state index >= 15 is 0 Å². The number of hydrogen-bond acceptors (Lipinski definition) is 7. The lowest BCUT2D eigenvalue weighted by atomic mass is 10.2. The van der Waals surface area contributed by atoms with Gasteiger partial charge in [-0.1, -0.05) is 0 Å². The summed E-state index contributed by atoms with van der Waals surface area (Å²) in [5, 5.41) is 22.9. The third kappa shape index (κ3) is 4.39. The van der Waals surface area contributed by atoms with Gasteiger partial charge in [0.05, 0.1) is 0 Å². The zero-order valence-corrected chi connectivity index (χ0v) is 10.3. The number of carboxylic acids is 1. The topological polar surface area (TPSA) is 150 Å². The van der Waals surface area contributed by atoms with Crippen LogP contribution in [0.15, 0.2) is 6.33 Å². The molecule has 1 aromatic rings. The van der Waals surface area contributed by atoms with Gasteiger partial charge < -0.3 is 26.6 Å². The lowest BCUT2D eigenvalue weighted by Crippen LogP contribution is -2.23. The van der Waals surface area contributed by atoms with E-state index < -0.39 is 12.1 Å². The molecule has 1 amide bonds. The molecule has 0 radical (unpaired) electrons. The van der Waals surface area contributed by atoms with Crippen LogP contribution in [0.4, 0.5) is 17.3 Å². The Morgan fingerprint density at radius 1 is 1.47 bits per heavy atom. The van der Waals surface area contributed by atoms with E-state index in [-0.39, 0.29) is 36.2 Å². The minimum Gasteiger partial charge on any atom is -0.479 e. The SMILES string of the molecule is CC(=O)Nc1c(N)ncnc1NCCC(O)C(=O)O. The summed E-state index contributed by atoms with van der Waals surface area (Å²) in [6.45, 7) is 1.46. The minimum absolute atomic E-state index is 0.0151. The van der Waals surface area contributed by atoms with Gasteiger partial charge in [-0.15, -0.1) is 0 Å². The molecule has 0 bridgehead atoms. The number of carbonyl (C=O) groups is 2. The lowest BCUT2D eigenvalue weighted by Gasteiger charge is -2.13. The number of amides is 1. The highest BCUT2D eigenvalue weighted by atomic mass is 16.4. The van der Waals surface area contributed by atoms with E-state index in [1.807, 2.05) is 0 Å². The Labute approximate surface area is 108 Å². The number of nitrogens with zero attached hydrogens (tertiary/aromatic N) is 2. The normalized spacial score (nSPS) is 11.7. The molecule has 1 rings (SSSR count). The van der Waals surface area contributed by atoms with Gasteiger partial charge in [-0.2, -0.15) is 0 Å². The van der Waals surface area contributed by atoms with Crippen molar-refractivity contribution in [2.45, 2.75) is 19.4 Å². The highest BCUT2D eigenvalue weighted by Gasteiger charge is 2.14. The van der Waals surface area contributed by atoms with Crippen molar-refractivity contribution in [2.75, 3.05) is 22.9 Å². The predicted octanol–water partition coefficient (Wildman–Crippen LogP) is -0.735. The zero-order chi connectivity index (χ0) is 14.4. The molecule has 19 heavy (non-hydrogen) atoms. The molecule has 0 fully saturated rings. The summed E-state index contributed by atoms with van der Waals surface area (Å²) in [6.07, 6.45) is -0.272. The first-order valence-electron chi connectivity index (χ1n) is 5.44. The van der Waals surface area contributed by atoms with Crippen LogP contribution in [0.25, 0.3) is 0 Å². The van der Waals surface area contributed by atoms with Crippen molar-refractivity contribution >= 4 is 29.2 Å². The van der Waals surface area contributed by atoms with Crippen LogP contribution in [0, 0.1) is 0 Å². The summed E-state index contributed by atoms with van der Waals surface area (Å²) < 4.78 is 0. The monoisotopic (exact) mass is 269 g/mol. The molecular formula is C10H15N5O4. The van der Waals surface area contributed by atoms with E-state index in [1.165, 1.54) is 13.3 Å². The molecule has 1 aromatic heterocycles. The van der Waals surface area contributed by atoms with E-state index in [2.05, 4.69) is 20.6 Å². The second-order valence-corrected chi connectivity index (χ2v) is 3.73. The van der Waals surface area contributed by atoms with Crippen molar-refractivity contribution in [3.8, 4) is 0 Å². The standard InChI is InChI=1S/C10H15N5O4/c1-5(16)15-7-8(11)13-4-14-9(7)12-3-2-6(17)10(18)19/h4,6,17H,2-3H2,1H3,(H,15,16)(H,18,19)(H3,11,12,13,14). The molecule has 1 heterocycles. The summed E-state index contributed by atoms with van der Waals surface area (Å²) >= 11 is 0. The van der Waals surface area contributed by atoms with E-state index in [4.69, 9.17) is 15.9 Å². The molecule has 1 atom stereocenters. The maximum Gasteiger partial charge on any atom is 0.332 e. The first-order valence-corrected chi connectivity index (χ1v) is 5.44. The van der Waals surface area contributed by atoms with Crippen LogP contribution >= 0.6 is 0 Å². The number of hydrogen-bond donors (Lipinski definition) is 5. The molecule has 9 nitrogen and oxygen atoms in total. The highest BCUT2D eigenvalue weighted by molar-refractivity contribution is 5.95. The van der Waals surface area contributed by atoms with Gasteiger partial charge in [-0.3, -0.25) is 4.79 Å². The number of aliphatic hydroxyl groups excluding tert-OH is 1. The van der Waals surface area contributed by atoms with Crippen LogP contribution < -0.4 is 16.4 Å². The fourth-order valence-electron chi connectivity index (χ4n) is 1.28. The number of aliphatic hydroxyl groups is 1. The van der Waals surface area contributed by atoms with Crippen molar-refractivity contribution in [1.29, 1.82) is 0 Å². The number of aliphatic carboxylic acids is 1. The van der Waals surface area contributed by atoms with Gasteiger partial charge in [0.1, 0.15) is 12.0 Å². The summed E-state index contributed by atoms with van der Waals surface area (Å²) in [4.78, 5) is 29.1. The number of aromatic nitrogens is 2. The van der Waals surface area contributed by atoms with Gasteiger partial charge in [0.15, 0.2) is 17.7 Å². The Kier molecular flexibility index (Phi) is 5.01. The molecule has 9 heteroatoms. The Balaban J connectivity index is 2.70. The number of nitrogen functional groups attached to an aromatic ring is 1. The summed E-state index contributed by atoms with van der Waals surface area (Å²) in [5.74, 6) is -1.28. The molecule has 0 spiro atoms. The molecule has 104 valence electrons. The predicted molar refractivity (Wildman–Crippen MR) is 67.5 cm³/mol. The van der Waals surface area contributed by atoms with Crippen LogP contribution in [-0.2, 0) is 9.59 Å². The average molecular weight is 269 g/mol. The molecule has 0 aliphatic heterocycles. The summed E-state index contributed by atoms with van der Waals surface area (Å²) in [6, 6.07) is 0. The highest BCUT2D eigenvalue weighted by Crippen LogP contribution is 2.23. The molecule has 1 unspecified atom stereocenters. The number of rotatable bonds is 6. The molecule has 0 aliphatic rings. The molecule has 0 saturated carbocycles. The maximum absolute atomic E-state index is 11.0. The second-order valence-electron chi connectivity index (χ2n) is 3.73. The molecule has 6 N–H and O–H groups in total. The van der Waals surface area contributed by atoms with Crippen molar-refractivity contribution in [3.63, 3.8) is 0 Å². The number of nitrogens with one attached hydrogen (secondary N) is 2. The van der Waals surface area contributed by atoms with Crippen molar-refractivity contribution < 1.29 is 19.8 Å². The van der Waals surface area contributed by atoms with Crippen LogP contribution in [0.5, 0.6) is 0 Å². The number of anilines is 3. The van der Waals surface area contributed by atoms with Gasteiger partial charge >= 0.3 is 5.97 Å². The quantitative estimate of drug-likeness (QED) is 0.453. The molecule has 0 saturated heterocycles. The van der Waals surface area contributed by atoms with E-state index in [0.717, 1.165) is 0 Å². The Hall–Kier alpha value is -2.42. The van der Waals surface area contributed by atoms with E-state index in [0.29, 0.717) is 0 Å². The van der Waals surface area contributed by atoms with Gasteiger partial charge in [0.2, 0.25) is 5.91 Å². The van der Waals surface area contributed by atoms with Gasteiger partial charge in [-0.05, 0) is 0 Å². The van der Waals surface area contributed by atoms with Crippen LogP contribution in [0.1, 0.15) is 13.3 Å². The minimum atomic E-state index is -1.46. The average Bonchev–Trinajstić information content (AvgIpc) is 2.32. The molecule has 0 aromatic carbocycles. The number of carboxylic acid groups (broad SMARTS) is 1. The fraction of sp³-hybridized carbons (Fsp3) is 0.400. The van der Waals surface area contributed by atoms with Gasteiger partial charge in [0.25, 0.3) is 0 Å². The van der Waals surface area contributed by atoms with Crippen molar-refractivity contribution in [3.05, 3.63) is 6.33 Å². The van der Waals surface area contributed by atoms with E-state index in [1.54, 1.807) is 0 Å². The largest absolute Gasteiger partial charge is 0.479 e. The first kappa shape index (κ1) is 14.6. The summed E-state index contributed by atoms with van der Waals surface area (Å²) in [5.41, 5.74) is 5.82. The van der Waals surface area contributed by atoms with E-state index in [9.17, 15) is 9.59 Å². The third-order valence-corrected chi connectivity index (χ3v) is 2.17. The number of nitrogens with two attached hydrogens (primary N) is 1. The number of carbonyl (C=O) groups excluding carboxylic acids is 1. The first-order chi connectivity index (χ1) is 8.91. The second kappa shape index (κ2) is 6.50. The molecular weight excluding hydrogens is 254 g/mol. The lowest BCUT2D eigenvalue weighted by molar-refractivity contribution is -0.146. The zero-order valence-electron chi connectivity index (χ0n) is 10.3. The van der Waals surface area contributed by atoms with Crippen molar-refractivity contribution in [2.24, 2.45) is 0 Å². The maximum atomic E-state index is 11.0. The van der Waals surface area contributed by atoms with Crippen molar-refractivity contribution in [1.82, 2.24) is 9.97 Å². The molecule has 0 aliphatic carbocycles. The van der Waals surface area contributed by atoms with Crippen LogP contribution in [0.3, 0.4) is 0 Å². The summed E-state index contributed by atoms with van der Waals surface area (Å²) in [7, 11) is 0. The van der Waals surface area contributed by atoms with Gasteiger partial charge in [0, 0.05) is 19.9 Å². The van der Waals surface area contributed by atoms with Crippen LogP contribution in [-0.4, -0.2) is 44.7 Å². The third-order valence-electron chi connectivity index (χ3n) is 2.17. The Bertz CT molecular complexity index is 479.